The van der Waals surface area contributed by atoms with E-state index in [0.717, 1.165) is 35.2 Å². The molecule has 3 rings (SSSR count). The molecule has 3 nitrogen and oxygen atoms in total. The molecule has 0 fully saturated rings. The number of amides is 1. The highest BCUT2D eigenvalue weighted by molar-refractivity contribution is 9.10. The van der Waals surface area contributed by atoms with Crippen LogP contribution >= 0.6 is 27.5 Å². The summed E-state index contributed by atoms with van der Waals surface area (Å²) in [4.78, 5) is 12.3. The van der Waals surface area contributed by atoms with Gasteiger partial charge < -0.3 is 10.6 Å². The van der Waals surface area contributed by atoms with Gasteiger partial charge in [0.05, 0.1) is 5.56 Å². The molecule has 0 bridgehead atoms. The number of carbonyl (C=O) groups is 1. The Morgan fingerprint density at radius 3 is 2.95 bits per heavy atom. The van der Waals surface area contributed by atoms with Crippen molar-refractivity contribution in [1.82, 2.24) is 0 Å². The van der Waals surface area contributed by atoms with Gasteiger partial charge in [-0.05, 0) is 70.7 Å². The molecule has 0 atom stereocenters. The number of hydrogen-bond acceptors (Lipinski definition) is 2. The Bertz CT molecular complexity index is 703. The first-order chi connectivity index (χ1) is 10.1. The standard InChI is InChI=1S/C16H14BrClN2O/c17-14-5-3-11(18)9-13(14)16(21)20-12-4-6-15-10(8-12)2-1-7-19-15/h3-6,8-9,19H,1-2,7H2,(H,20,21). The third-order valence-electron chi connectivity index (χ3n) is 3.47. The van der Waals surface area contributed by atoms with Crippen LogP contribution in [-0.4, -0.2) is 12.5 Å². The van der Waals surface area contributed by atoms with Gasteiger partial charge in [0, 0.05) is 27.4 Å². The lowest BCUT2D eigenvalue weighted by Gasteiger charge is -2.19. The van der Waals surface area contributed by atoms with Crippen molar-refractivity contribution in [1.29, 1.82) is 0 Å². The van der Waals surface area contributed by atoms with Crippen molar-refractivity contribution in [3.63, 3.8) is 0 Å². The smallest absolute Gasteiger partial charge is 0.256 e. The molecule has 0 spiro atoms. The van der Waals surface area contributed by atoms with Gasteiger partial charge >= 0.3 is 0 Å². The lowest BCUT2D eigenvalue weighted by Crippen LogP contribution is -2.15. The Morgan fingerprint density at radius 1 is 1.24 bits per heavy atom. The fraction of sp³-hybridized carbons (Fsp3) is 0.188. The Morgan fingerprint density at radius 2 is 2.10 bits per heavy atom. The van der Waals surface area contributed by atoms with Gasteiger partial charge in [0.1, 0.15) is 0 Å². The molecule has 0 aromatic heterocycles. The summed E-state index contributed by atoms with van der Waals surface area (Å²) in [6.07, 6.45) is 2.15. The SMILES string of the molecule is O=C(Nc1ccc2c(c1)CCCN2)c1cc(Cl)ccc1Br. The molecule has 2 N–H and O–H groups in total. The maximum Gasteiger partial charge on any atom is 0.256 e. The monoisotopic (exact) mass is 364 g/mol. The van der Waals surface area contributed by atoms with Crippen LogP contribution in [0.2, 0.25) is 5.02 Å². The summed E-state index contributed by atoms with van der Waals surface area (Å²) < 4.78 is 0.726. The van der Waals surface area contributed by atoms with Crippen LogP contribution in [-0.2, 0) is 6.42 Å². The number of benzene rings is 2. The summed E-state index contributed by atoms with van der Waals surface area (Å²) in [5, 5.41) is 6.81. The highest BCUT2D eigenvalue weighted by Crippen LogP contribution is 2.26. The molecule has 1 aliphatic heterocycles. The quantitative estimate of drug-likeness (QED) is 0.809. The van der Waals surface area contributed by atoms with Crippen LogP contribution in [0.25, 0.3) is 0 Å². The summed E-state index contributed by atoms with van der Waals surface area (Å²) in [5.41, 5.74) is 3.72. The molecule has 1 amide bonds. The molecular formula is C16H14BrClN2O. The van der Waals surface area contributed by atoms with Crippen molar-refractivity contribution < 1.29 is 4.79 Å². The Labute approximate surface area is 136 Å². The number of carbonyl (C=O) groups excluding carboxylic acids is 1. The molecule has 0 saturated carbocycles. The molecule has 21 heavy (non-hydrogen) atoms. The molecule has 0 aliphatic carbocycles. The minimum atomic E-state index is -0.173. The molecule has 1 heterocycles. The molecule has 108 valence electrons. The second-order valence-electron chi connectivity index (χ2n) is 4.98. The van der Waals surface area contributed by atoms with Crippen LogP contribution in [0, 0.1) is 0 Å². The molecule has 1 aliphatic rings. The summed E-state index contributed by atoms with van der Waals surface area (Å²) in [5.74, 6) is -0.173. The second-order valence-corrected chi connectivity index (χ2v) is 6.27. The largest absolute Gasteiger partial charge is 0.385 e. The minimum Gasteiger partial charge on any atom is -0.385 e. The van der Waals surface area contributed by atoms with Crippen LogP contribution in [0.4, 0.5) is 11.4 Å². The average molecular weight is 366 g/mol. The van der Waals surface area contributed by atoms with Crippen molar-refractivity contribution in [3.05, 3.63) is 57.0 Å². The highest BCUT2D eigenvalue weighted by Gasteiger charge is 2.13. The number of hydrogen-bond donors (Lipinski definition) is 2. The van der Waals surface area contributed by atoms with Gasteiger partial charge in [-0.25, -0.2) is 0 Å². The fourth-order valence-electron chi connectivity index (χ4n) is 2.42. The van der Waals surface area contributed by atoms with Gasteiger partial charge in [0.15, 0.2) is 0 Å². The topological polar surface area (TPSA) is 41.1 Å². The first-order valence-corrected chi connectivity index (χ1v) is 7.94. The second kappa shape index (κ2) is 6.08. The van der Waals surface area contributed by atoms with E-state index < -0.39 is 0 Å². The number of nitrogens with one attached hydrogen (secondary N) is 2. The average Bonchev–Trinajstić information content (AvgIpc) is 2.49. The van der Waals surface area contributed by atoms with Crippen LogP contribution in [0.1, 0.15) is 22.3 Å². The first-order valence-electron chi connectivity index (χ1n) is 6.77. The number of fused-ring (bicyclic) bond motifs is 1. The normalized spacial score (nSPS) is 13.2. The van der Waals surface area contributed by atoms with E-state index in [1.54, 1.807) is 18.2 Å². The third kappa shape index (κ3) is 3.22. The molecule has 5 heteroatoms. The lowest BCUT2D eigenvalue weighted by atomic mass is 10.0. The zero-order chi connectivity index (χ0) is 14.8. The molecule has 0 saturated heterocycles. The summed E-state index contributed by atoms with van der Waals surface area (Å²) in [6.45, 7) is 1.01. The van der Waals surface area contributed by atoms with Crippen molar-refractivity contribution >= 4 is 44.8 Å². The van der Waals surface area contributed by atoms with Crippen molar-refractivity contribution in [2.75, 3.05) is 17.2 Å². The van der Waals surface area contributed by atoms with E-state index in [4.69, 9.17) is 11.6 Å². The number of anilines is 2. The molecule has 2 aromatic rings. The van der Waals surface area contributed by atoms with Crippen molar-refractivity contribution in [2.45, 2.75) is 12.8 Å². The van der Waals surface area contributed by atoms with E-state index in [0.29, 0.717) is 10.6 Å². The van der Waals surface area contributed by atoms with E-state index >= 15 is 0 Å². The van der Waals surface area contributed by atoms with Crippen molar-refractivity contribution in [3.8, 4) is 0 Å². The summed E-state index contributed by atoms with van der Waals surface area (Å²) >= 11 is 9.32. The van der Waals surface area contributed by atoms with Crippen molar-refractivity contribution in [2.24, 2.45) is 0 Å². The summed E-state index contributed by atoms with van der Waals surface area (Å²) in [7, 11) is 0. The first kappa shape index (κ1) is 14.4. The lowest BCUT2D eigenvalue weighted by molar-refractivity contribution is 0.102. The molecule has 2 aromatic carbocycles. The Kier molecular flexibility index (Phi) is 4.17. The molecule has 0 radical (unpaired) electrons. The molecule has 0 unspecified atom stereocenters. The van der Waals surface area contributed by atoms with Gasteiger partial charge in [-0.1, -0.05) is 11.6 Å². The maximum absolute atomic E-state index is 12.3. The fourth-order valence-corrected chi connectivity index (χ4v) is 3.02. The van der Waals surface area contributed by atoms with Gasteiger partial charge in [-0.15, -0.1) is 0 Å². The number of halogens is 2. The Balaban J connectivity index is 1.83. The molecular weight excluding hydrogens is 352 g/mol. The van der Waals surface area contributed by atoms with Gasteiger partial charge in [0.2, 0.25) is 0 Å². The maximum atomic E-state index is 12.3. The zero-order valence-electron chi connectivity index (χ0n) is 11.2. The summed E-state index contributed by atoms with van der Waals surface area (Å²) in [6, 6.07) is 11.1. The van der Waals surface area contributed by atoms with Crippen LogP contribution < -0.4 is 10.6 Å². The van der Waals surface area contributed by atoms with Crippen LogP contribution in [0.3, 0.4) is 0 Å². The zero-order valence-corrected chi connectivity index (χ0v) is 13.6. The predicted octanol–water partition coefficient (Wildman–Crippen LogP) is 4.71. The van der Waals surface area contributed by atoms with E-state index in [2.05, 4.69) is 26.6 Å². The van der Waals surface area contributed by atoms with E-state index in [-0.39, 0.29) is 5.91 Å². The number of aryl methyl sites for hydroxylation is 1. The number of rotatable bonds is 2. The third-order valence-corrected chi connectivity index (χ3v) is 4.40. The van der Waals surface area contributed by atoms with Crippen LogP contribution in [0.5, 0.6) is 0 Å². The minimum absolute atomic E-state index is 0.173. The van der Waals surface area contributed by atoms with E-state index in [9.17, 15) is 4.79 Å². The Hall–Kier alpha value is -1.52. The van der Waals surface area contributed by atoms with Gasteiger partial charge in [-0.2, -0.15) is 0 Å². The van der Waals surface area contributed by atoms with Crippen LogP contribution in [0.15, 0.2) is 40.9 Å². The van der Waals surface area contributed by atoms with Gasteiger partial charge in [-0.3, -0.25) is 4.79 Å². The van der Waals surface area contributed by atoms with Gasteiger partial charge in [0.25, 0.3) is 5.91 Å². The highest BCUT2D eigenvalue weighted by atomic mass is 79.9. The predicted molar refractivity (Wildman–Crippen MR) is 90.4 cm³/mol. The van der Waals surface area contributed by atoms with E-state index in [1.807, 2.05) is 18.2 Å². The van der Waals surface area contributed by atoms with E-state index in [1.165, 1.54) is 5.56 Å².